The van der Waals surface area contributed by atoms with Gasteiger partial charge in [-0.15, -0.1) is 0 Å². The summed E-state index contributed by atoms with van der Waals surface area (Å²) in [7, 11) is 0. The van der Waals surface area contributed by atoms with Gasteiger partial charge in [-0.2, -0.15) is 0 Å². The molecule has 146 valence electrons. The Labute approximate surface area is 181 Å². The monoisotopic (exact) mass is 395 g/mol. The minimum absolute atomic E-state index is 1.10. The van der Waals surface area contributed by atoms with Gasteiger partial charge >= 0.3 is 0 Å². The van der Waals surface area contributed by atoms with E-state index in [1.165, 1.54) is 43.4 Å². The third-order valence-corrected chi connectivity index (χ3v) is 6.01. The fraction of sp³-hybridized carbons (Fsp3) is 0. The van der Waals surface area contributed by atoms with Gasteiger partial charge in [0.2, 0.25) is 0 Å². The van der Waals surface area contributed by atoms with Crippen molar-refractivity contribution in [3.05, 3.63) is 121 Å². The van der Waals surface area contributed by atoms with Gasteiger partial charge in [-0.1, -0.05) is 97.1 Å². The highest BCUT2D eigenvalue weighted by Crippen LogP contribution is 2.36. The molecule has 0 bridgehead atoms. The van der Waals surface area contributed by atoms with E-state index < -0.39 is 0 Å². The summed E-state index contributed by atoms with van der Waals surface area (Å²) in [6.45, 7) is 0. The largest absolute Gasteiger partial charge is 0.355 e. The SMILES string of the molecule is c1ccc2cc(Nc3ccc(-c4ccc5ccccc5c4)c4ccccc34)ccc2c1. The lowest BCUT2D eigenvalue weighted by Crippen LogP contribution is -1.93. The first kappa shape index (κ1) is 17.7. The second-order valence-corrected chi connectivity index (χ2v) is 7.96. The fourth-order valence-corrected chi connectivity index (χ4v) is 4.44. The van der Waals surface area contributed by atoms with E-state index in [1.807, 2.05) is 0 Å². The summed E-state index contributed by atoms with van der Waals surface area (Å²) >= 11 is 0. The molecular formula is C30H21N. The van der Waals surface area contributed by atoms with Gasteiger partial charge in [-0.25, -0.2) is 0 Å². The summed E-state index contributed by atoms with van der Waals surface area (Å²) < 4.78 is 0. The molecule has 0 unspecified atom stereocenters. The minimum Gasteiger partial charge on any atom is -0.355 e. The summed E-state index contributed by atoms with van der Waals surface area (Å²) in [6.07, 6.45) is 0. The highest BCUT2D eigenvalue weighted by molar-refractivity contribution is 6.05. The van der Waals surface area contributed by atoms with E-state index in [-0.39, 0.29) is 0 Å². The maximum absolute atomic E-state index is 3.65. The van der Waals surface area contributed by atoms with Gasteiger partial charge in [0.15, 0.2) is 0 Å². The number of hydrogen-bond acceptors (Lipinski definition) is 1. The molecule has 0 heterocycles. The van der Waals surface area contributed by atoms with Crippen molar-refractivity contribution in [3.63, 3.8) is 0 Å². The van der Waals surface area contributed by atoms with Crippen LogP contribution in [0.4, 0.5) is 11.4 Å². The zero-order valence-electron chi connectivity index (χ0n) is 17.0. The molecule has 0 amide bonds. The van der Waals surface area contributed by atoms with E-state index in [0.29, 0.717) is 0 Å². The van der Waals surface area contributed by atoms with Crippen molar-refractivity contribution in [2.45, 2.75) is 0 Å². The second kappa shape index (κ2) is 7.30. The van der Waals surface area contributed by atoms with Gasteiger partial charge in [0.1, 0.15) is 0 Å². The van der Waals surface area contributed by atoms with Crippen LogP contribution < -0.4 is 5.32 Å². The van der Waals surface area contributed by atoms with Crippen molar-refractivity contribution >= 4 is 43.7 Å². The van der Waals surface area contributed by atoms with Crippen molar-refractivity contribution in [3.8, 4) is 11.1 Å². The van der Waals surface area contributed by atoms with Crippen LogP contribution in [0.2, 0.25) is 0 Å². The maximum atomic E-state index is 3.65. The van der Waals surface area contributed by atoms with Crippen LogP contribution in [0.25, 0.3) is 43.4 Å². The Morgan fingerprint density at radius 2 is 1.03 bits per heavy atom. The first-order valence-electron chi connectivity index (χ1n) is 10.6. The van der Waals surface area contributed by atoms with E-state index in [1.54, 1.807) is 0 Å². The fourth-order valence-electron chi connectivity index (χ4n) is 4.44. The average molecular weight is 396 g/mol. The third-order valence-electron chi connectivity index (χ3n) is 6.01. The lowest BCUT2D eigenvalue weighted by molar-refractivity contribution is 1.59. The van der Waals surface area contributed by atoms with Gasteiger partial charge in [0.05, 0.1) is 0 Å². The molecule has 1 nitrogen and oxygen atoms in total. The van der Waals surface area contributed by atoms with Gasteiger partial charge < -0.3 is 5.32 Å². The Hall–Kier alpha value is -4.10. The Morgan fingerprint density at radius 3 is 1.81 bits per heavy atom. The molecule has 0 spiro atoms. The molecule has 0 saturated carbocycles. The Bertz CT molecular complexity index is 1560. The summed E-state index contributed by atoms with van der Waals surface area (Å²) in [6, 6.07) is 43.3. The highest BCUT2D eigenvalue weighted by Gasteiger charge is 2.09. The second-order valence-electron chi connectivity index (χ2n) is 7.96. The molecule has 0 atom stereocenters. The van der Waals surface area contributed by atoms with Crippen LogP contribution in [-0.4, -0.2) is 0 Å². The zero-order chi connectivity index (χ0) is 20.6. The van der Waals surface area contributed by atoms with Crippen LogP contribution in [0.3, 0.4) is 0 Å². The van der Waals surface area contributed by atoms with Crippen LogP contribution in [0.15, 0.2) is 121 Å². The van der Waals surface area contributed by atoms with Crippen molar-refractivity contribution in [1.82, 2.24) is 0 Å². The Balaban J connectivity index is 1.46. The predicted molar refractivity (Wildman–Crippen MR) is 134 cm³/mol. The van der Waals surface area contributed by atoms with Gasteiger partial charge in [0, 0.05) is 16.8 Å². The maximum Gasteiger partial charge on any atom is 0.0464 e. The van der Waals surface area contributed by atoms with Gasteiger partial charge in [-0.3, -0.25) is 0 Å². The molecule has 0 fully saturated rings. The number of rotatable bonds is 3. The van der Waals surface area contributed by atoms with Gasteiger partial charge in [0.25, 0.3) is 0 Å². The predicted octanol–water partition coefficient (Wildman–Crippen LogP) is 8.56. The minimum atomic E-state index is 1.10. The average Bonchev–Trinajstić information content (AvgIpc) is 2.84. The number of benzene rings is 6. The van der Waals surface area contributed by atoms with Crippen LogP contribution >= 0.6 is 0 Å². The van der Waals surface area contributed by atoms with E-state index >= 15 is 0 Å². The summed E-state index contributed by atoms with van der Waals surface area (Å²) in [4.78, 5) is 0. The number of nitrogens with one attached hydrogen (secondary N) is 1. The van der Waals surface area contributed by atoms with E-state index in [0.717, 1.165) is 11.4 Å². The van der Waals surface area contributed by atoms with E-state index in [2.05, 4.69) is 127 Å². The summed E-state index contributed by atoms with van der Waals surface area (Å²) in [5.41, 5.74) is 4.72. The highest BCUT2D eigenvalue weighted by atomic mass is 14.9. The Kier molecular flexibility index (Phi) is 4.18. The van der Waals surface area contributed by atoms with E-state index in [4.69, 9.17) is 0 Å². The molecule has 0 aliphatic carbocycles. The lowest BCUT2D eigenvalue weighted by Gasteiger charge is -2.14. The third kappa shape index (κ3) is 3.21. The molecule has 6 aromatic carbocycles. The molecule has 6 aromatic rings. The first-order valence-corrected chi connectivity index (χ1v) is 10.6. The molecule has 0 saturated heterocycles. The first-order chi connectivity index (χ1) is 15.3. The molecule has 0 aliphatic rings. The molecule has 0 aromatic heterocycles. The molecule has 31 heavy (non-hydrogen) atoms. The zero-order valence-corrected chi connectivity index (χ0v) is 17.0. The molecule has 1 heteroatoms. The van der Waals surface area contributed by atoms with Crippen molar-refractivity contribution in [2.75, 3.05) is 5.32 Å². The van der Waals surface area contributed by atoms with Crippen LogP contribution in [-0.2, 0) is 0 Å². The van der Waals surface area contributed by atoms with Crippen molar-refractivity contribution < 1.29 is 0 Å². The number of anilines is 2. The molecule has 6 rings (SSSR count). The molecule has 0 radical (unpaired) electrons. The van der Waals surface area contributed by atoms with Crippen LogP contribution in [0.1, 0.15) is 0 Å². The quantitative estimate of drug-likeness (QED) is 0.316. The van der Waals surface area contributed by atoms with Crippen LogP contribution in [0, 0.1) is 0 Å². The summed E-state index contributed by atoms with van der Waals surface area (Å²) in [5, 5.41) is 11.2. The topological polar surface area (TPSA) is 12.0 Å². The molecule has 0 aliphatic heterocycles. The normalized spacial score (nSPS) is 11.2. The number of fused-ring (bicyclic) bond motifs is 3. The lowest BCUT2D eigenvalue weighted by atomic mass is 9.95. The van der Waals surface area contributed by atoms with Crippen molar-refractivity contribution in [1.29, 1.82) is 0 Å². The van der Waals surface area contributed by atoms with Gasteiger partial charge in [-0.05, 0) is 62.3 Å². The molecular weight excluding hydrogens is 374 g/mol. The van der Waals surface area contributed by atoms with Crippen molar-refractivity contribution in [2.24, 2.45) is 0 Å². The van der Waals surface area contributed by atoms with Crippen LogP contribution in [0.5, 0.6) is 0 Å². The number of hydrogen-bond donors (Lipinski definition) is 1. The molecule has 1 N–H and O–H groups in total. The standard InChI is InChI=1S/C30H21N/c1-3-9-23-19-25(14-13-21(23)7-1)27-17-18-30(29-12-6-5-11-28(27)29)31-26-16-15-22-8-2-4-10-24(22)20-26/h1-20,31H. The summed E-state index contributed by atoms with van der Waals surface area (Å²) in [5.74, 6) is 0. The smallest absolute Gasteiger partial charge is 0.0464 e. The van der Waals surface area contributed by atoms with E-state index in [9.17, 15) is 0 Å². The Morgan fingerprint density at radius 1 is 0.419 bits per heavy atom.